The van der Waals surface area contributed by atoms with E-state index in [0.717, 1.165) is 6.07 Å². The van der Waals surface area contributed by atoms with Gasteiger partial charge in [-0.25, -0.2) is 9.37 Å². The molecule has 5 nitrogen and oxygen atoms in total. The second-order valence-electron chi connectivity index (χ2n) is 3.28. The summed E-state index contributed by atoms with van der Waals surface area (Å²) in [5, 5.41) is 2.12. The number of nitrogens with one attached hydrogen (secondary N) is 1. The fourth-order valence-electron chi connectivity index (χ4n) is 1.53. The molecule has 2 rings (SSSR count). The molecular formula is C8H9FN2O3S. The maximum absolute atomic E-state index is 13.2. The quantitative estimate of drug-likeness (QED) is 0.672. The number of hydrogen-bond acceptors (Lipinski definition) is 4. The number of hydrogen-bond donors (Lipinski definition) is 2. The molecule has 0 aromatic carbocycles. The minimum Gasteiger partial charge on any atom is -0.312 e. The van der Waals surface area contributed by atoms with Gasteiger partial charge in [-0.15, -0.1) is 0 Å². The Morgan fingerprint density at radius 3 is 2.93 bits per heavy atom. The van der Waals surface area contributed by atoms with Crippen LogP contribution in [0.5, 0.6) is 0 Å². The minimum atomic E-state index is -4.57. The van der Waals surface area contributed by atoms with Crippen molar-refractivity contribution in [3.63, 3.8) is 0 Å². The lowest BCUT2D eigenvalue weighted by atomic mass is 10.1. The van der Waals surface area contributed by atoms with Crippen molar-refractivity contribution in [2.45, 2.75) is 18.0 Å². The van der Waals surface area contributed by atoms with Crippen LogP contribution in [-0.4, -0.2) is 24.5 Å². The smallest absolute Gasteiger partial charge is 0.312 e. The van der Waals surface area contributed by atoms with Gasteiger partial charge in [-0.2, -0.15) is 8.42 Å². The summed E-state index contributed by atoms with van der Waals surface area (Å²) in [5.74, 6) is -1.01. The van der Waals surface area contributed by atoms with Gasteiger partial charge in [0.15, 0.2) is 5.82 Å². The average Bonchev–Trinajstić information content (AvgIpc) is 2.15. The fraction of sp³-hybridized carbons (Fsp3) is 0.375. The van der Waals surface area contributed by atoms with Gasteiger partial charge in [0.05, 0.1) is 0 Å². The van der Waals surface area contributed by atoms with E-state index >= 15 is 0 Å². The van der Waals surface area contributed by atoms with E-state index in [4.69, 9.17) is 4.55 Å². The second-order valence-corrected chi connectivity index (χ2v) is 4.62. The van der Waals surface area contributed by atoms with Crippen LogP contribution in [0.4, 0.5) is 4.39 Å². The van der Waals surface area contributed by atoms with E-state index in [1.807, 2.05) is 0 Å². The molecule has 1 aliphatic rings. The van der Waals surface area contributed by atoms with Crippen LogP contribution in [0.25, 0.3) is 0 Å². The molecular weight excluding hydrogens is 223 g/mol. The standard InChI is InChI=1S/C8H9FN2O3S/c9-6-3-5-4-10-2-1-7(5)11-8(6)15(12,13)14/h3,10H,1-2,4H2,(H,12,13,14). The molecule has 0 aliphatic carbocycles. The van der Waals surface area contributed by atoms with Crippen molar-refractivity contribution in [3.8, 4) is 0 Å². The second kappa shape index (κ2) is 3.51. The van der Waals surface area contributed by atoms with Gasteiger partial charge >= 0.3 is 10.1 Å². The van der Waals surface area contributed by atoms with Crippen LogP contribution in [0.2, 0.25) is 0 Å². The van der Waals surface area contributed by atoms with E-state index in [1.165, 1.54) is 0 Å². The van der Waals surface area contributed by atoms with Crippen molar-refractivity contribution in [1.29, 1.82) is 0 Å². The molecule has 0 bridgehead atoms. The average molecular weight is 232 g/mol. The van der Waals surface area contributed by atoms with Crippen LogP contribution in [0.15, 0.2) is 11.1 Å². The van der Waals surface area contributed by atoms with Crippen LogP contribution in [-0.2, 0) is 23.1 Å². The largest absolute Gasteiger partial charge is 0.315 e. The highest BCUT2D eigenvalue weighted by Gasteiger charge is 2.22. The predicted molar refractivity (Wildman–Crippen MR) is 49.4 cm³/mol. The van der Waals surface area contributed by atoms with Crippen LogP contribution in [0.3, 0.4) is 0 Å². The van der Waals surface area contributed by atoms with Crippen molar-refractivity contribution in [1.82, 2.24) is 10.3 Å². The molecule has 1 aromatic heterocycles. The highest BCUT2D eigenvalue weighted by Crippen LogP contribution is 2.18. The van der Waals surface area contributed by atoms with Crippen LogP contribution >= 0.6 is 0 Å². The zero-order valence-corrected chi connectivity index (χ0v) is 8.51. The molecule has 0 amide bonds. The number of halogens is 1. The molecule has 1 aromatic rings. The molecule has 2 heterocycles. The normalized spacial score (nSPS) is 16.1. The van der Waals surface area contributed by atoms with Crippen molar-refractivity contribution in [2.24, 2.45) is 0 Å². The summed E-state index contributed by atoms with van der Waals surface area (Å²) < 4.78 is 43.5. The number of rotatable bonds is 1. The number of fused-ring (bicyclic) bond motifs is 1. The van der Waals surface area contributed by atoms with E-state index < -0.39 is 21.0 Å². The van der Waals surface area contributed by atoms with E-state index in [0.29, 0.717) is 30.8 Å². The van der Waals surface area contributed by atoms with E-state index in [1.54, 1.807) is 0 Å². The lowest BCUT2D eigenvalue weighted by molar-refractivity contribution is 0.462. The van der Waals surface area contributed by atoms with Crippen LogP contribution in [0.1, 0.15) is 11.3 Å². The van der Waals surface area contributed by atoms with Gasteiger partial charge in [-0.3, -0.25) is 4.55 Å². The molecule has 0 fully saturated rings. The minimum absolute atomic E-state index is 0.463. The SMILES string of the molecule is O=S(=O)(O)c1nc2c(cc1F)CNCC2. The predicted octanol–water partition coefficient (Wildman–Crippen LogP) is 0.113. The van der Waals surface area contributed by atoms with Gasteiger partial charge in [-0.1, -0.05) is 0 Å². The Kier molecular flexibility index (Phi) is 2.45. The third-order valence-corrected chi connectivity index (χ3v) is 2.99. The van der Waals surface area contributed by atoms with E-state index in [9.17, 15) is 12.8 Å². The van der Waals surface area contributed by atoms with E-state index in [2.05, 4.69) is 10.3 Å². The summed E-state index contributed by atoms with van der Waals surface area (Å²) >= 11 is 0. The molecule has 0 unspecified atom stereocenters. The first kappa shape index (κ1) is 10.5. The topological polar surface area (TPSA) is 79.3 Å². The Morgan fingerprint density at radius 2 is 2.27 bits per heavy atom. The zero-order chi connectivity index (χ0) is 11.1. The van der Waals surface area contributed by atoms with Crippen molar-refractivity contribution < 1.29 is 17.4 Å². The first-order valence-electron chi connectivity index (χ1n) is 4.35. The van der Waals surface area contributed by atoms with Gasteiger partial charge in [-0.05, 0) is 11.6 Å². The maximum atomic E-state index is 13.2. The Labute approximate surface area is 86.1 Å². The third kappa shape index (κ3) is 1.99. The van der Waals surface area contributed by atoms with Gasteiger partial charge in [0.25, 0.3) is 0 Å². The highest BCUT2D eigenvalue weighted by molar-refractivity contribution is 7.85. The van der Waals surface area contributed by atoms with Crippen LogP contribution in [0, 0.1) is 5.82 Å². The van der Waals surface area contributed by atoms with Crippen molar-refractivity contribution in [3.05, 3.63) is 23.1 Å². The fourth-order valence-corrected chi connectivity index (χ4v) is 2.06. The van der Waals surface area contributed by atoms with E-state index in [-0.39, 0.29) is 0 Å². The summed E-state index contributed by atoms with van der Waals surface area (Å²) in [6, 6.07) is 1.09. The summed E-state index contributed by atoms with van der Waals surface area (Å²) in [6.07, 6.45) is 0.526. The molecule has 15 heavy (non-hydrogen) atoms. The monoisotopic (exact) mass is 232 g/mol. The Balaban J connectivity index is 2.60. The lowest BCUT2D eigenvalue weighted by Gasteiger charge is -2.16. The highest BCUT2D eigenvalue weighted by atomic mass is 32.2. The van der Waals surface area contributed by atoms with Gasteiger partial charge in [0.1, 0.15) is 0 Å². The third-order valence-electron chi connectivity index (χ3n) is 2.21. The van der Waals surface area contributed by atoms with Gasteiger partial charge in [0.2, 0.25) is 5.03 Å². The summed E-state index contributed by atoms with van der Waals surface area (Å²) in [5.41, 5.74) is 1.15. The molecule has 7 heteroatoms. The molecule has 1 aliphatic heterocycles. The number of nitrogens with zero attached hydrogens (tertiary/aromatic N) is 1. The summed E-state index contributed by atoms with van der Waals surface area (Å²) in [4.78, 5) is 3.63. The first-order valence-corrected chi connectivity index (χ1v) is 5.79. The lowest BCUT2D eigenvalue weighted by Crippen LogP contribution is -2.25. The molecule has 0 spiro atoms. The number of aromatic nitrogens is 1. The molecule has 0 atom stereocenters. The zero-order valence-electron chi connectivity index (χ0n) is 7.70. The maximum Gasteiger partial charge on any atom is 0.315 e. The molecule has 82 valence electrons. The molecule has 0 saturated heterocycles. The Morgan fingerprint density at radius 1 is 1.53 bits per heavy atom. The number of pyridine rings is 1. The van der Waals surface area contributed by atoms with Crippen LogP contribution < -0.4 is 5.32 Å². The van der Waals surface area contributed by atoms with Crippen molar-refractivity contribution in [2.75, 3.05) is 6.54 Å². The first-order chi connectivity index (χ1) is 6.98. The summed E-state index contributed by atoms with van der Waals surface area (Å²) in [6.45, 7) is 1.13. The van der Waals surface area contributed by atoms with Crippen molar-refractivity contribution >= 4 is 10.1 Å². The molecule has 0 radical (unpaired) electrons. The summed E-state index contributed by atoms with van der Waals surface area (Å²) in [7, 11) is -4.57. The van der Waals surface area contributed by atoms with Gasteiger partial charge < -0.3 is 5.32 Å². The molecule has 0 saturated carbocycles. The van der Waals surface area contributed by atoms with Gasteiger partial charge in [0, 0.05) is 25.2 Å². The Hall–Kier alpha value is -1.05. The molecule has 2 N–H and O–H groups in total. The Bertz CT molecular complexity index is 501.